The number of fused-ring (bicyclic) bond motifs is 1. The van der Waals surface area contributed by atoms with Crippen LogP contribution in [-0.4, -0.2) is 14.5 Å². The molecule has 4 heteroatoms. The lowest BCUT2D eigenvalue weighted by Gasteiger charge is -2.06. The zero-order valence-corrected chi connectivity index (χ0v) is 10.9. The van der Waals surface area contributed by atoms with Crippen LogP contribution in [0.5, 0.6) is 0 Å². The van der Waals surface area contributed by atoms with Gasteiger partial charge in [-0.3, -0.25) is 9.55 Å². The van der Waals surface area contributed by atoms with Crippen molar-refractivity contribution in [2.24, 2.45) is 0 Å². The molecule has 0 bridgehead atoms. The highest BCUT2D eigenvalue weighted by Crippen LogP contribution is 2.16. The van der Waals surface area contributed by atoms with Crippen molar-refractivity contribution in [2.45, 2.75) is 19.8 Å². The molecule has 96 valence electrons. The first-order chi connectivity index (χ1) is 9.16. The highest BCUT2D eigenvalue weighted by atomic mass is 16.1. The SMILES string of the molecule is CC(C)c1ccc(-n2c(=O)[nH]c3ccccc32)cn1. The molecule has 1 N–H and O–H groups in total. The quantitative estimate of drug-likeness (QED) is 0.763. The van der Waals surface area contributed by atoms with Crippen molar-refractivity contribution >= 4 is 11.0 Å². The van der Waals surface area contributed by atoms with E-state index in [0.29, 0.717) is 5.92 Å². The van der Waals surface area contributed by atoms with E-state index in [1.807, 2.05) is 36.4 Å². The van der Waals surface area contributed by atoms with Crippen LogP contribution >= 0.6 is 0 Å². The van der Waals surface area contributed by atoms with E-state index in [0.717, 1.165) is 22.4 Å². The largest absolute Gasteiger partial charge is 0.331 e. The second-order valence-electron chi connectivity index (χ2n) is 4.88. The number of aromatic amines is 1. The Morgan fingerprint density at radius 1 is 1.16 bits per heavy atom. The fraction of sp³-hybridized carbons (Fsp3) is 0.200. The van der Waals surface area contributed by atoms with Crippen LogP contribution < -0.4 is 5.69 Å². The summed E-state index contributed by atoms with van der Waals surface area (Å²) in [6.45, 7) is 4.19. The number of pyridine rings is 1. The number of benzene rings is 1. The molecular weight excluding hydrogens is 238 g/mol. The van der Waals surface area contributed by atoms with Gasteiger partial charge in [0.2, 0.25) is 0 Å². The zero-order chi connectivity index (χ0) is 13.4. The van der Waals surface area contributed by atoms with E-state index in [1.165, 1.54) is 0 Å². The number of hydrogen-bond acceptors (Lipinski definition) is 2. The van der Waals surface area contributed by atoms with Crippen molar-refractivity contribution < 1.29 is 0 Å². The predicted octanol–water partition coefficient (Wildman–Crippen LogP) is 2.84. The molecule has 0 unspecified atom stereocenters. The average molecular weight is 253 g/mol. The number of rotatable bonds is 2. The molecule has 3 aromatic rings. The van der Waals surface area contributed by atoms with E-state index in [2.05, 4.69) is 23.8 Å². The third kappa shape index (κ3) is 1.95. The topological polar surface area (TPSA) is 50.7 Å². The number of nitrogens with zero attached hydrogens (tertiary/aromatic N) is 2. The van der Waals surface area contributed by atoms with Crippen LogP contribution in [0.1, 0.15) is 25.5 Å². The number of nitrogens with one attached hydrogen (secondary N) is 1. The standard InChI is InChI=1S/C15H15N3O/c1-10(2)12-8-7-11(9-16-12)18-14-6-4-3-5-13(14)17-15(18)19/h3-10H,1-2H3,(H,17,19). The van der Waals surface area contributed by atoms with Crippen molar-refractivity contribution in [3.8, 4) is 5.69 Å². The number of aromatic nitrogens is 3. The average Bonchev–Trinajstić information content (AvgIpc) is 2.74. The normalized spacial score (nSPS) is 11.3. The molecule has 0 saturated carbocycles. The van der Waals surface area contributed by atoms with Gasteiger partial charge in [-0.05, 0) is 30.2 Å². The molecule has 0 saturated heterocycles. The molecule has 2 aromatic heterocycles. The van der Waals surface area contributed by atoms with Crippen LogP contribution in [0.25, 0.3) is 16.7 Å². The van der Waals surface area contributed by atoms with Gasteiger partial charge in [0, 0.05) is 5.69 Å². The maximum atomic E-state index is 12.0. The van der Waals surface area contributed by atoms with Gasteiger partial charge in [-0.25, -0.2) is 4.79 Å². The van der Waals surface area contributed by atoms with Gasteiger partial charge in [0.1, 0.15) is 0 Å². The van der Waals surface area contributed by atoms with E-state index >= 15 is 0 Å². The highest BCUT2D eigenvalue weighted by Gasteiger charge is 2.08. The van der Waals surface area contributed by atoms with Gasteiger partial charge in [0.15, 0.2) is 0 Å². The summed E-state index contributed by atoms with van der Waals surface area (Å²) in [5, 5.41) is 0. The molecule has 1 aromatic carbocycles. The number of H-pyrrole nitrogens is 1. The molecule has 0 radical (unpaired) electrons. The first-order valence-electron chi connectivity index (χ1n) is 6.33. The van der Waals surface area contributed by atoms with Gasteiger partial charge in [-0.1, -0.05) is 26.0 Å². The molecule has 0 aliphatic rings. The van der Waals surface area contributed by atoms with Gasteiger partial charge >= 0.3 is 5.69 Å². The monoisotopic (exact) mass is 253 g/mol. The summed E-state index contributed by atoms with van der Waals surface area (Å²) >= 11 is 0. The van der Waals surface area contributed by atoms with Crippen molar-refractivity contribution in [2.75, 3.05) is 0 Å². The predicted molar refractivity (Wildman–Crippen MR) is 75.8 cm³/mol. The van der Waals surface area contributed by atoms with Crippen LogP contribution in [0.4, 0.5) is 0 Å². The molecule has 19 heavy (non-hydrogen) atoms. The minimum atomic E-state index is -0.139. The Kier molecular flexibility index (Phi) is 2.71. The third-order valence-corrected chi connectivity index (χ3v) is 3.21. The Bertz CT molecular complexity index is 766. The molecular formula is C15H15N3O. The molecule has 0 fully saturated rings. The lowest BCUT2D eigenvalue weighted by atomic mass is 10.1. The van der Waals surface area contributed by atoms with E-state index in [9.17, 15) is 4.79 Å². The molecule has 0 aliphatic heterocycles. The van der Waals surface area contributed by atoms with Gasteiger partial charge in [-0.15, -0.1) is 0 Å². The van der Waals surface area contributed by atoms with Crippen LogP contribution in [0.15, 0.2) is 47.4 Å². The van der Waals surface area contributed by atoms with Crippen molar-refractivity contribution in [1.29, 1.82) is 0 Å². The molecule has 3 rings (SSSR count). The number of para-hydroxylation sites is 2. The summed E-state index contributed by atoms with van der Waals surface area (Å²) in [7, 11) is 0. The Morgan fingerprint density at radius 2 is 1.95 bits per heavy atom. The molecule has 4 nitrogen and oxygen atoms in total. The highest BCUT2D eigenvalue weighted by molar-refractivity contribution is 5.77. The van der Waals surface area contributed by atoms with Crippen molar-refractivity contribution in [1.82, 2.24) is 14.5 Å². The van der Waals surface area contributed by atoms with E-state index in [-0.39, 0.29) is 5.69 Å². The Hall–Kier alpha value is -2.36. The molecule has 0 atom stereocenters. The molecule has 2 heterocycles. The molecule has 0 aliphatic carbocycles. The second kappa shape index (κ2) is 4.39. The van der Waals surface area contributed by atoms with Crippen LogP contribution in [0, 0.1) is 0 Å². The molecule has 0 spiro atoms. The fourth-order valence-corrected chi connectivity index (χ4v) is 2.18. The summed E-state index contributed by atoms with van der Waals surface area (Å²) in [5.41, 5.74) is 3.37. The van der Waals surface area contributed by atoms with Crippen LogP contribution in [0.3, 0.4) is 0 Å². The lowest BCUT2D eigenvalue weighted by molar-refractivity contribution is 0.819. The summed E-state index contributed by atoms with van der Waals surface area (Å²) < 4.78 is 1.65. The summed E-state index contributed by atoms with van der Waals surface area (Å²) in [6, 6.07) is 11.5. The van der Waals surface area contributed by atoms with Gasteiger partial charge in [0.25, 0.3) is 0 Å². The minimum Gasteiger partial charge on any atom is -0.305 e. The maximum Gasteiger partial charge on any atom is 0.331 e. The smallest absolute Gasteiger partial charge is 0.305 e. The number of hydrogen-bond donors (Lipinski definition) is 1. The first kappa shape index (κ1) is 11.7. The number of imidazole rings is 1. The molecule has 0 amide bonds. The lowest BCUT2D eigenvalue weighted by Crippen LogP contribution is -2.14. The van der Waals surface area contributed by atoms with Crippen LogP contribution in [-0.2, 0) is 0 Å². The third-order valence-electron chi connectivity index (χ3n) is 3.21. The van der Waals surface area contributed by atoms with Gasteiger partial charge in [0.05, 0.1) is 22.9 Å². The Balaban J connectivity index is 2.19. The maximum absolute atomic E-state index is 12.0. The van der Waals surface area contributed by atoms with Crippen LogP contribution in [0.2, 0.25) is 0 Å². The van der Waals surface area contributed by atoms with Crippen molar-refractivity contribution in [3.05, 3.63) is 58.8 Å². The Morgan fingerprint density at radius 3 is 2.63 bits per heavy atom. The fourth-order valence-electron chi connectivity index (χ4n) is 2.18. The van der Waals surface area contributed by atoms with Gasteiger partial charge in [-0.2, -0.15) is 0 Å². The van der Waals surface area contributed by atoms with Gasteiger partial charge < -0.3 is 4.98 Å². The first-order valence-corrected chi connectivity index (χ1v) is 6.33. The second-order valence-corrected chi connectivity index (χ2v) is 4.88. The van der Waals surface area contributed by atoms with E-state index in [1.54, 1.807) is 10.8 Å². The van der Waals surface area contributed by atoms with E-state index < -0.39 is 0 Å². The summed E-state index contributed by atoms with van der Waals surface area (Å²) in [5.74, 6) is 0.383. The van der Waals surface area contributed by atoms with Crippen molar-refractivity contribution in [3.63, 3.8) is 0 Å². The van der Waals surface area contributed by atoms with E-state index in [4.69, 9.17) is 0 Å². The summed E-state index contributed by atoms with van der Waals surface area (Å²) in [4.78, 5) is 19.3. The summed E-state index contributed by atoms with van der Waals surface area (Å²) in [6.07, 6.45) is 1.75. The Labute approximate surface area is 110 Å². The zero-order valence-electron chi connectivity index (χ0n) is 10.9. The minimum absolute atomic E-state index is 0.139.